The number of fused-ring (bicyclic) bond motifs is 7. The Kier molecular flexibility index (Phi) is 6.37. The summed E-state index contributed by atoms with van der Waals surface area (Å²) >= 11 is 0. The molecule has 5 aliphatic carbocycles. The highest BCUT2D eigenvalue weighted by molar-refractivity contribution is 5.79. The Morgan fingerprint density at radius 2 is 1.47 bits per heavy atom. The van der Waals surface area contributed by atoms with Crippen molar-refractivity contribution in [1.82, 2.24) is 0 Å². The van der Waals surface area contributed by atoms with Gasteiger partial charge in [0.1, 0.15) is 5.78 Å². The fourth-order valence-corrected chi connectivity index (χ4v) is 11.0. The van der Waals surface area contributed by atoms with Gasteiger partial charge >= 0.3 is 0 Å². The monoisotopic (exact) mass is 440 g/mol. The van der Waals surface area contributed by atoms with Crippen molar-refractivity contribution in [1.29, 1.82) is 0 Å². The number of Topliss-reactive ketones (excluding diaryl/α,β-unsaturated/α-hetero) is 1. The number of carbonyl (C=O) groups is 1. The van der Waals surface area contributed by atoms with Gasteiger partial charge in [0.15, 0.2) is 0 Å². The molecule has 0 N–H and O–H groups in total. The Morgan fingerprint density at radius 1 is 0.781 bits per heavy atom. The highest BCUT2D eigenvalue weighted by atomic mass is 16.1. The zero-order chi connectivity index (χ0) is 22.7. The summed E-state index contributed by atoms with van der Waals surface area (Å²) in [5, 5.41) is 0. The van der Waals surface area contributed by atoms with Gasteiger partial charge in [-0.2, -0.15) is 0 Å². The molecular weight excluding hydrogens is 388 g/mol. The maximum Gasteiger partial charge on any atom is 0.133 e. The summed E-state index contributed by atoms with van der Waals surface area (Å²) in [7, 11) is 0. The van der Waals surface area contributed by atoms with Crippen LogP contribution in [-0.2, 0) is 4.79 Å². The number of hydrogen-bond acceptors (Lipinski definition) is 1. The topological polar surface area (TPSA) is 17.1 Å². The molecular formula is C31H52O. The first-order valence-corrected chi connectivity index (χ1v) is 14.8. The van der Waals surface area contributed by atoms with Gasteiger partial charge in [-0.15, -0.1) is 0 Å². The zero-order valence-electron chi connectivity index (χ0n) is 22.0. The number of carbonyl (C=O) groups excluding carboxylic acids is 1. The molecule has 5 rings (SSSR count). The van der Waals surface area contributed by atoms with Gasteiger partial charge in [0.2, 0.25) is 0 Å². The molecule has 0 bridgehead atoms. The van der Waals surface area contributed by atoms with Crippen LogP contribution in [0.3, 0.4) is 0 Å². The third kappa shape index (κ3) is 3.75. The molecule has 0 spiro atoms. The van der Waals surface area contributed by atoms with Crippen LogP contribution in [0, 0.1) is 64.1 Å². The van der Waals surface area contributed by atoms with E-state index in [1.54, 1.807) is 0 Å². The van der Waals surface area contributed by atoms with Gasteiger partial charge in [0.05, 0.1) is 0 Å². The van der Waals surface area contributed by atoms with Crippen molar-refractivity contribution >= 4 is 5.78 Å². The van der Waals surface area contributed by atoms with Crippen molar-refractivity contribution in [2.24, 2.45) is 64.1 Å². The van der Waals surface area contributed by atoms with E-state index in [1.807, 2.05) is 0 Å². The second-order valence-corrected chi connectivity index (χ2v) is 14.3. The Bertz CT molecular complexity index is 695. The van der Waals surface area contributed by atoms with Crippen LogP contribution in [0.15, 0.2) is 0 Å². The van der Waals surface area contributed by atoms with Crippen LogP contribution in [-0.4, -0.2) is 5.78 Å². The van der Waals surface area contributed by atoms with E-state index in [9.17, 15) is 4.79 Å². The molecule has 1 heteroatoms. The maximum absolute atomic E-state index is 12.1. The summed E-state index contributed by atoms with van der Waals surface area (Å²) < 4.78 is 0. The largest absolute Gasteiger partial charge is 0.300 e. The smallest absolute Gasteiger partial charge is 0.133 e. The van der Waals surface area contributed by atoms with Crippen molar-refractivity contribution in [2.75, 3.05) is 0 Å². The Balaban J connectivity index is 1.30. The van der Waals surface area contributed by atoms with E-state index in [0.717, 1.165) is 66.1 Å². The van der Waals surface area contributed by atoms with Crippen LogP contribution in [0.4, 0.5) is 0 Å². The van der Waals surface area contributed by atoms with E-state index < -0.39 is 0 Å². The van der Waals surface area contributed by atoms with Crippen LogP contribution in [0.2, 0.25) is 0 Å². The molecule has 182 valence electrons. The van der Waals surface area contributed by atoms with Gasteiger partial charge < -0.3 is 0 Å². The lowest BCUT2D eigenvalue weighted by molar-refractivity contribution is -0.151. The van der Waals surface area contributed by atoms with Crippen molar-refractivity contribution in [3.63, 3.8) is 0 Å². The highest BCUT2D eigenvalue weighted by Gasteiger charge is 2.62. The van der Waals surface area contributed by atoms with Crippen LogP contribution < -0.4 is 0 Å². The molecule has 0 aromatic carbocycles. The van der Waals surface area contributed by atoms with Crippen molar-refractivity contribution < 1.29 is 4.79 Å². The fourth-order valence-electron chi connectivity index (χ4n) is 11.0. The summed E-state index contributed by atoms with van der Waals surface area (Å²) in [4.78, 5) is 12.1. The standard InChI is InChI=1S/C31H52O/c1-20(2)7-6-8-21(3)26-13-14-28-25-11-12-27-24-10-9-23(32)19-22(24)15-17-31(27,5)29(25)16-18-30(26,28)4/h20-22,24-29H,6-19H2,1-5H3/t21-,22-,24+,25+,26-,27-,28+,29+,30-,31+/m1/s1. The van der Waals surface area contributed by atoms with E-state index in [4.69, 9.17) is 0 Å². The molecule has 5 fully saturated rings. The minimum atomic E-state index is 0.566. The molecule has 5 aliphatic rings. The normalized spacial score (nSPS) is 49.2. The first kappa shape index (κ1) is 23.4. The Hall–Kier alpha value is -0.330. The minimum Gasteiger partial charge on any atom is -0.300 e. The van der Waals surface area contributed by atoms with E-state index in [2.05, 4.69) is 34.6 Å². The average molecular weight is 441 g/mol. The molecule has 0 unspecified atom stereocenters. The lowest BCUT2D eigenvalue weighted by Gasteiger charge is -2.63. The van der Waals surface area contributed by atoms with Gasteiger partial charge in [-0.25, -0.2) is 0 Å². The van der Waals surface area contributed by atoms with Gasteiger partial charge in [0, 0.05) is 12.8 Å². The van der Waals surface area contributed by atoms with Gasteiger partial charge in [-0.3, -0.25) is 4.79 Å². The first-order valence-electron chi connectivity index (χ1n) is 14.8. The second kappa shape index (κ2) is 8.71. The van der Waals surface area contributed by atoms with Crippen molar-refractivity contribution in [3.8, 4) is 0 Å². The molecule has 0 radical (unpaired) electrons. The van der Waals surface area contributed by atoms with Crippen LogP contribution >= 0.6 is 0 Å². The number of ketones is 1. The summed E-state index contributed by atoms with van der Waals surface area (Å²) in [6.45, 7) is 12.8. The molecule has 0 aliphatic heterocycles. The van der Waals surface area contributed by atoms with E-state index in [-0.39, 0.29) is 0 Å². The Labute approximate surface area is 199 Å². The predicted molar refractivity (Wildman–Crippen MR) is 134 cm³/mol. The van der Waals surface area contributed by atoms with Crippen molar-refractivity contribution in [2.45, 2.75) is 125 Å². The fraction of sp³-hybridized carbons (Fsp3) is 0.968. The van der Waals surface area contributed by atoms with Crippen LogP contribution in [0.5, 0.6) is 0 Å². The summed E-state index contributed by atoms with van der Waals surface area (Å²) in [6, 6.07) is 0. The molecule has 5 saturated carbocycles. The van der Waals surface area contributed by atoms with Crippen LogP contribution in [0.25, 0.3) is 0 Å². The number of rotatable bonds is 5. The predicted octanol–water partition coefficient (Wildman–Crippen LogP) is 8.70. The van der Waals surface area contributed by atoms with Gasteiger partial charge in [-0.05, 0) is 122 Å². The summed E-state index contributed by atoms with van der Waals surface area (Å²) in [5.41, 5.74) is 1.20. The minimum absolute atomic E-state index is 0.566. The van der Waals surface area contributed by atoms with Gasteiger partial charge in [-0.1, -0.05) is 53.9 Å². The summed E-state index contributed by atoms with van der Waals surface area (Å²) in [6.07, 6.45) is 19.2. The molecule has 1 nitrogen and oxygen atoms in total. The molecule has 0 aromatic rings. The maximum atomic E-state index is 12.1. The molecule has 0 amide bonds. The zero-order valence-corrected chi connectivity index (χ0v) is 22.0. The SMILES string of the molecule is CC(C)CCC[C@@H](C)[C@H]1CC[C@H]2[C@@H]3CC[C@@H]4[C@H]5CCC(=O)C[C@H]5CC[C@]4(C)[C@H]3CC[C@]12C. The average Bonchev–Trinajstić information content (AvgIpc) is 3.10. The summed E-state index contributed by atoms with van der Waals surface area (Å²) in [5.74, 6) is 8.84. The first-order chi connectivity index (χ1) is 15.2. The quantitative estimate of drug-likeness (QED) is 0.418. The molecule has 0 heterocycles. The molecule has 32 heavy (non-hydrogen) atoms. The van der Waals surface area contributed by atoms with E-state index in [1.165, 1.54) is 77.0 Å². The molecule has 0 saturated heterocycles. The molecule has 0 aromatic heterocycles. The van der Waals surface area contributed by atoms with E-state index >= 15 is 0 Å². The lowest BCUT2D eigenvalue weighted by Crippen LogP contribution is -2.56. The van der Waals surface area contributed by atoms with Crippen molar-refractivity contribution in [3.05, 3.63) is 0 Å². The van der Waals surface area contributed by atoms with Crippen LogP contribution in [0.1, 0.15) is 125 Å². The second-order valence-electron chi connectivity index (χ2n) is 14.3. The Morgan fingerprint density at radius 3 is 2.25 bits per heavy atom. The highest BCUT2D eigenvalue weighted by Crippen LogP contribution is 2.70. The third-order valence-electron chi connectivity index (χ3n) is 12.6. The lowest BCUT2D eigenvalue weighted by atomic mass is 9.41. The third-order valence-corrected chi connectivity index (χ3v) is 12.6. The number of hydrogen-bond donors (Lipinski definition) is 0. The van der Waals surface area contributed by atoms with E-state index in [0.29, 0.717) is 16.6 Å². The van der Waals surface area contributed by atoms with Gasteiger partial charge in [0.25, 0.3) is 0 Å². The molecule has 10 atom stereocenters.